The standard InChI is InChI=1S/C16H21N5/c1-10(2)13-6-4-5-11(3)15(13)19-14-9-17-21-16(20-14)18-12-7-8-12/h4-6,9-10,12H,7-8H2,1-3H3,(H2,18,19,20,21). The van der Waals surface area contributed by atoms with Gasteiger partial charge in [0.1, 0.15) is 0 Å². The van der Waals surface area contributed by atoms with Crippen LogP contribution in [-0.4, -0.2) is 21.2 Å². The van der Waals surface area contributed by atoms with E-state index >= 15 is 0 Å². The minimum Gasteiger partial charge on any atom is -0.350 e. The summed E-state index contributed by atoms with van der Waals surface area (Å²) >= 11 is 0. The summed E-state index contributed by atoms with van der Waals surface area (Å²) in [7, 11) is 0. The number of hydrogen-bond acceptors (Lipinski definition) is 5. The highest BCUT2D eigenvalue weighted by Gasteiger charge is 2.22. The van der Waals surface area contributed by atoms with Gasteiger partial charge in [0.2, 0.25) is 5.95 Å². The first kappa shape index (κ1) is 13.8. The van der Waals surface area contributed by atoms with E-state index in [2.05, 4.69) is 64.8 Å². The average Bonchev–Trinajstić information content (AvgIpc) is 3.25. The van der Waals surface area contributed by atoms with Crippen molar-refractivity contribution in [2.75, 3.05) is 10.6 Å². The summed E-state index contributed by atoms with van der Waals surface area (Å²) in [6, 6.07) is 6.87. The molecule has 1 aliphatic carbocycles. The van der Waals surface area contributed by atoms with Crippen LogP contribution < -0.4 is 10.6 Å². The van der Waals surface area contributed by atoms with E-state index in [9.17, 15) is 0 Å². The lowest BCUT2D eigenvalue weighted by Gasteiger charge is -2.16. The second-order valence-electron chi connectivity index (χ2n) is 5.90. The molecule has 1 aromatic heterocycles. The molecule has 1 heterocycles. The number of nitrogens with one attached hydrogen (secondary N) is 2. The van der Waals surface area contributed by atoms with Gasteiger partial charge in [0.25, 0.3) is 0 Å². The Morgan fingerprint density at radius 2 is 2.05 bits per heavy atom. The van der Waals surface area contributed by atoms with Crippen LogP contribution in [0.3, 0.4) is 0 Å². The van der Waals surface area contributed by atoms with E-state index in [4.69, 9.17) is 0 Å². The number of rotatable bonds is 5. The molecule has 5 nitrogen and oxygen atoms in total. The third kappa shape index (κ3) is 3.29. The van der Waals surface area contributed by atoms with E-state index in [0.717, 1.165) is 11.5 Å². The largest absolute Gasteiger partial charge is 0.350 e. The molecule has 2 aromatic rings. The Bertz CT molecular complexity index is 634. The predicted molar refractivity (Wildman–Crippen MR) is 85.0 cm³/mol. The van der Waals surface area contributed by atoms with Gasteiger partial charge < -0.3 is 10.6 Å². The van der Waals surface area contributed by atoms with Crippen LogP contribution in [0.4, 0.5) is 17.5 Å². The molecular formula is C16H21N5. The molecule has 5 heteroatoms. The van der Waals surface area contributed by atoms with Gasteiger partial charge in [-0.2, -0.15) is 10.1 Å². The van der Waals surface area contributed by atoms with Crippen molar-refractivity contribution in [3.05, 3.63) is 35.5 Å². The Labute approximate surface area is 125 Å². The van der Waals surface area contributed by atoms with Crippen molar-refractivity contribution in [2.24, 2.45) is 0 Å². The van der Waals surface area contributed by atoms with Gasteiger partial charge in [-0.3, -0.25) is 0 Å². The van der Waals surface area contributed by atoms with Gasteiger partial charge in [0, 0.05) is 11.7 Å². The molecule has 0 radical (unpaired) electrons. The lowest BCUT2D eigenvalue weighted by Crippen LogP contribution is -2.08. The normalized spacial score (nSPS) is 14.3. The van der Waals surface area contributed by atoms with Crippen molar-refractivity contribution in [1.29, 1.82) is 0 Å². The van der Waals surface area contributed by atoms with E-state index in [0.29, 0.717) is 17.9 Å². The zero-order valence-electron chi connectivity index (χ0n) is 12.7. The van der Waals surface area contributed by atoms with Crippen molar-refractivity contribution >= 4 is 17.5 Å². The molecule has 0 bridgehead atoms. The van der Waals surface area contributed by atoms with E-state index in [-0.39, 0.29) is 0 Å². The lowest BCUT2D eigenvalue weighted by molar-refractivity contribution is 0.866. The van der Waals surface area contributed by atoms with Gasteiger partial charge in [-0.25, -0.2) is 0 Å². The number of nitrogens with zero attached hydrogens (tertiary/aromatic N) is 3. The molecule has 3 rings (SSSR count). The molecule has 1 aromatic carbocycles. The second kappa shape index (κ2) is 5.68. The summed E-state index contributed by atoms with van der Waals surface area (Å²) in [5.74, 6) is 1.78. The average molecular weight is 283 g/mol. The van der Waals surface area contributed by atoms with Crippen molar-refractivity contribution < 1.29 is 0 Å². The van der Waals surface area contributed by atoms with Gasteiger partial charge in [0.15, 0.2) is 5.82 Å². The van der Waals surface area contributed by atoms with Crippen LogP contribution in [0, 0.1) is 6.92 Å². The molecule has 0 atom stereocenters. The van der Waals surface area contributed by atoms with E-state index < -0.39 is 0 Å². The number of aryl methyl sites for hydroxylation is 1. The molecule has 0 amide bonds. The maximum absolute atomic E-state index is 4.49. The molecule has 1 fully saturated rings. The van der Waals surface area contributed by atoms with Gasteiger partial charge in [0.05, 0.1) is 6.20 Å². The first-order valence-corrected chi connectivity index (χ1v) is 7.46. The minimum absolute atomic E-state index is 0.450. The van der Waals surface area contributed by atoms with E-state index in [1.165, 1.54) is 24.0 Å². The quantitative estimate of drug-likeness (QED) is 0.877. The Balaban J connectivity index is 1.86. The molecular weight excluding hydrogens is 262 g/mol. The molecule has 1 aliphatic rings. The highest BCUT2D eigenvalue weighted by atomic mass is 15.3. The molecule has 0 saturated heterocycles. The molecule has 2 N–H and O–H groups in total. The molecule has 110 valence electrons. The third-order valence-electron chi connectivity index (χ3n) is 3.65. The topological polar surface area (TPSA) is 62.7 Å². The van der Waals surface area contributed by atoms with Gasteiger partial charge >= 0.3 is 0 Å². The zero-order chi connectivity index (χ0) is 14.8. The third-order valence-corrected chi connectivity index (χ3v) is 3.65. The van der Waals surface area contributed by atoms with Crippen molar-refractivity contribution in [1.82, 2.24) is 15.2 Å². The Hall–Kier alpha value is -2.17. The number of para-hydroxylation sites is 1. The summed E-state index contributed by atoms with van der Waals surface area (Å²) in [4.78, 5) is 4.49. The van der Waals surface area contributed by atoms with Crippen molar-refractivity contribution in [2.45, 2.75) is 45.6 Å². The van der Waals surface area contributed by atoms with Gasteiger partial charge in [-0.05, 0) is 36.8 Å². The van der Waals surface area contributed by atoms with Crippen LogP contribution in [0.15, 0.2) is 24.4 Å². The monoisotopic (exact) mass is 283 g/mol. The second-order valence-corrected chi connectivity index (χ2v) is 5.90. The van der Waals surface area contributed by atoms with Gasteiger partial charge in [-0.1, -0.05) is 32.0 Å². The van der Waals surface area contributed by atoms with E-state index in [1.807, 2.05) is 0 Å². The van der Waals surface area contributed by atoms with Crippen LogP contribution >= 0.6 is 0 Å². The smallest absolute Gasteiger partial charge is 0.244 e. The van der Waals surface area contributed by atoms with Crippen molar-refractivity contribution in [3.63, 3.8) is 0 Å². The molecule has 21 heavy (non-hydrogen) atoms. The van der Waals surface area contributed by atoms with Crippen LogP contribution in [0.1, 0.15) is 43.7 Å². The summed E-state index contributed by atoms with van der Waals surface area (Å²) in [6.45, 7) is 6.49. The number of aromatic nitrogens is 3. The van der Waals surface area contributed by atoms with E-state index in [1.54, 1.807) is 6.20 Å². The van der Waals surface area contributed by atoms with Crippen molar-refractivity contribution in [3.8, 4) is 0 Å². The van der Waals surface area contributed by atoms with Crippen LogP contribution in [0.2, 0.25) is 0 Å². The number of benzene rings is 1. The maximum Gasteiger partial charge on any atom is 0.244 e. The Kier molecular flexibility index (Phi) is 3.73. The summed E-state index contributed by atoms with van der Waals surface area (Å²) in [6.07, 6.45) is 4.04. The SMILES string of the molecule is Cc1cccc(C(C)C)c1Nc1cnnc(NC2CC2)n1. The Morgan fingerprint density at radius 1 is 1.24 bits per heavy atom. The summed E-state index contributed by atoms with van der Waals surface area (Å²) < 4.78 is 0. The van der Waals surface area contributed by atoms with Crippen LogP contribution in [0.25, 0.3) is 0 Å². The number of hydrogen-bond donors (Lipinski definition) is 2. The Morgan fingerprint density at radius 3 is 2.76 bits per heavy atom. The van der Waals surface area contributed by atoms with Crippen LogP contribution in [-0.2, 0) is 0 Å². The summed E-state index contributed by atoms with van der Waals surface area (Å²) in [5, 5.41) is 14.7. The fourth-order valence-electron chi connectivity index (χ4n) is 2.31. The predicted octanol–water partition coefficient (Wildman–Crippen LogP) is 3.62. The minimum atomic E-state index is 0.450. The van der Waals surface area contributed by atoms with Crippen LogP contribution in [0.5, 0.6) is 0 Å². The highest BCUT2D eigenvalue weighted by Crippen LogP contribution is 2.30. The molecule has 1 saturated carbocycles. The molecule has 0 unspecified atom stereocenters. The lowest BCUT2D eigenvalue weighted by atomic mass is 9.98. The fourth-order valence-corrected chi connectivity index (χ4v) is 2.31. The molecule has 0 aliphatic heterocycles. The summed E-state index contributed by atoms with van der Waals surface area (Å²) in [5.41, 5.74) is 3.60. The molecule has 0 spiro atoms. The zero-order valence-corrected chi connectivity index (χ0v) is 12.7. The first-order valence-electron chi connectivity index (χ1n) is 7.46. The fraction of sp³-hybridized carbons (Fsp3) is 0.438. The maximum atomic E-state index is 4.49. The first-order chi connectivity index (χ1) is 10.1. The van der Waals surface area contributed by atoms with Gasteiger partial charge in [-0.15, -0.1) is 5.10 Å². The number of anilines is 3. The highest BCUT2D eigenvalue weighted by molar-refractivity contribution is 5.65.